The Kier molecular flexibility index (Phi) is 4.51. The molecular formula is C15H15F3N4O3S. The van der Waals surface area contributed by atoms with E-state index in [4.69, 9.17) is 0 Å². The van der Waals surface area contributed by atoms with Crippen molar-refractivity contribution in [1.29, 1.82) is 0 Å². The van der Waals surface area contributed by atoms with Crippen molar-refractivity contribution in [2.75, 3.05) is 18.1 Å². The largest absolute Gasteiger partial charge is 0.435 e. The second kappa shape index (κ2) is 6.38. The van der Waals surface area contributed by atoms with Gasteiger partial charge >= 0.3 is 6.18 Å². The van der Waals surface area contributed by atoms with E-state index in [1.807, 2.05) is 0 Å². The standard InChI is InChI=1S/C15H15F3N4O3S/c1-26(24,25)10-4-5-12(19-7-10)22-14(20-6-9-2-3-9)11(8-23)13(21-22)15(16,17)18/h4-5,7-9,20H,2-3,6H2,1H3. The van der Waals surface area contributed by atoms with Crippen molar-refractivity contribution in [2.24, 2.45) is 5.92 Å². The van der Waals surface area contributed by atoms with Gasteiger partial charge in [0.25, 0.3) is 0 Å². The number of carbonyl (C=O) groups excluding carboxylic acids is 1. The van der Waals surface area contributed by atoms with Gasteiger partial charge in [-0.2, -0.15) is 23.0 Å². The Bertz CT molecular complexity index is 932. The van der Waals surface area contributed by atoms with Crippen LogP contribution in [0.2, 0.25) is 0 Å². The number of pyridine rings is 1. The summed E-state index contributed by atoms with van der Waals surface area (Å²) in [7, 11) is -3.50. The maximum atomic E-state index is 13.2. The summed E-state index contributed by atoms with van der Waals surface area (Å²) in [6, 6.07) is 2.46. The van der Waals surface area contributed by atoms with Crippen LogP contribution in [0.4, 0.5) is 19.0 Å². The maximum Gasteiger partial charge on any atom is 0.435 e. The minimum atomic E-state index is -4.82. The van der Waals surface area contributed by atoms with Crippen LogP contribution < -0.4 is 5.32 Å². The fourth-order valence-corrected chi connectivity index (χ4v) is 2.93. The van der Waals surface area contributed by atoms with Crippen LogP contribution in [-0.4, -0.2) is 42.3 Å². The van der Waals surface area contributed by atoms with Gasteiger partial charge in [-0.3, -0.25) is 4.79 Å². The highest BCUT2D eigenvalue weighted by Gasteiger charge is 2.40. The van der Waals surface area contributed by atoms with Gasteiger partial charge < -0.3 is 5.32 Å². The summed E-state index contributed by atoms with van der Waals surface area (Å²) in [5, 5.41) is 6.34. The molecule has 0 atom stereocenters. The van der Waals surface area contributed by atoms with E-state index in [9.17, 15) is 26.4 Å². The minimum absolute atomic E-state index is 0.0331. The Morgan fingerprint density at radius 2 is 2.04 bits per heavy atom. The number of hydrogen-bond donors (Lipinski definition) is 1. The fraction of sp³-hybridized carbons (Fsp3) is 0.400. The van der Waals surface area contributed by atoms with E-state index < -0.39 is 27.3 Å². The molecule has 0 radical (unpaired) electrons. The van der Waals surface area contributed by atoms with Crippen molar-refractivity contribution < 1.29 is 26.4 Å². The van der Waals surface area contributed by atoms with Crippen molar-refractivity contribution in [3.63, 3.8) is 0 Å². The molecule has 2 heterocycles. The van der Waals surface area contributed by atoms with Crippen LogP contribution in [-0.2, 0) is 16.0 Å². The first-order valence-electron chi connectivity index (χ1n) is 7.67. The summed E-state index contributed by atoms with van der Waals surface area (Å²) in [6.07, 6.45) is -0.760. The fourth-order valence-electron chi connectivity index (χ4n) is 2.37. The van der Waals surface area contributed by atoms with E-state index >= 15 is 0 Å². The van der Waals surface area contributed by atoms with Gasteiger partial charge in [-0.15, -0.1) is 0 Å². The maximum absolute atomic E-state index is 13.2. The molecule has 0 aliphatic heterocycles. The molecule has 11 heteroatoms. The molecule has 0 saturated heterocycles. The van der Waals surface area contributed by atoms with Crippen molar-refractivity contribution in [1.82, 2.24) is 14.8 Å². The smallest absolute Gasteiger partial charge is 0.369 e. The third-order valence-corrected chi connectivity index (χ3v) is 5.03. The van der Waals surface area contributed by atoms with Crippen LogP contribution in [0.3, 0.4) is 0 Å². The summed E-state index contributed by atoms with van der Waals surface area (Å²) in [5.41, 5.74) is -1.92. The average molecular weight is 388 g/mol. The lowest BCUT2D eigenvalue weighted by molar-refractivity contribution is -0.141. The summed E-state index contributed by atoms with van der Waals surface area (Å²) in [4.78, 5) is 15.1. The van der Waals surface area contributed by atoms with Gasteiger partial charge in [-0.1, -0.05) is 0 Å². The molecule has 0 unspecified atom stereocenters. The van der Waals surface area contributed by atoms with E-state index in [2.05, 4.69) is 15.4 Å². The molecule has 7 nitrogen and oxygen atoms in total. The zero-order valence-electron chi connectivity index (χ0n) is 13.6. The number of nitrogens with one attached hydrogen (secondary N) is 1. The van der Waals surface area contributed by atoms with Crippen molar-refractivity contribution >= 4 is 21.9 Å². The quantitative estimate of drug-likeness (QED) is 0.764. The second-order valence-electron chi connectivity index (χ2n) is 6.09. The molecule has 0 bridgehead atoms. The number of rotatable bonds is 6. The highest BCUT2D eigenvalue weighted by Crippen LogP contribution is 2.36. The summed E-state index contributed by atoms with van der Waals surface area (Å²) >= 11 is 0. The Hall–Kier alpha value is -2.43. The van der Waals surface area contributed by atoms with Gasteiger partial charge in [0.15, 0.2) is 27.6 Å². The molecule has 0 aromatic carbocycles. The number of hydrogen-bond acceptors (Lipinski definition) is 6. The number of aromatic nitrogens is 3. The third kappa shape index (κ3) is 3.71. The number of sulfone groups is 1. The first kappa shape index (κ1) is 18.4. The van der Waals surface area contributed by atoms with E-state index in [1.165, 1.54) is 12.1 Å². The zero-order valence-corrected chi connectivity index (χ0v) is 14.4. The molecule has 1 saturated carbocycles. The summed E-state index contributed by atoms with van der Waals surface area (Å²) < 4.78 is 63.5. The molecule has 1 fully saturated rings. The Morgan fingerprint density at radius 1 is 1.35 bits per heavy atom. The predicted molar refractivity (Wildman–Crippen MR) is 86.1 cm³/mol. The molecule has 1 N–H and O–H groups in total. The third-order valence-electron chi connectivity index (χ3n) is 3.93. The molecule has 2 aromatic rings. The average Bonchev–Trinajstić information content (AvgIpc) is 3.30. The van der Waals surface area contributed by atoms with Gasteiger partial charge in [0.2, 0.25) is 0 Å². The van der Waals surface area contributed by atoms with Crippen molar-refractivity contribution in [3.05, 3.63) is 29.6 Å². The van der Waals surface area contributed by atoms with Crippen LogP contribution in [0.1, 0.15) is 28.9 Å². The topological polar surface area (TPSA) is 94.0 Å². The number of halogens is 3. The molecule has 26 heavy (non-hydrogen) atoms. The Balaban J connectivity index is 2.09. The highest BCUT2D eigenvalue weighted by atomic mass is 32.2. The molecular weight excluding hydrogens is 373 g/mol. The number of nitrogens with zero attached hydrogens (tertiary/aromatic N) is 3. The van der Waals surface area contributed by atoms with Gasteiger partial charge in [0, 0.05) is 19.0 Å². The SMILES string of the molecule is CS(=O)(=O)c1ccc(-n2nc(C(F)(F)F)c(C=O)c2NCC2CC2)nc1. The molecule has 1 aliphatic rings. The van der Waals surface area contributed by atoms with E-state index in [1.54, 1.807) is 0 Å². The van der Waals surface area contributed by atoms with Crippen molar-refractivity contribution in [3.8, 4) is 5.82 Å². The number of aldehydes is 1. The first-order chi connectivity index (χ1) is 12.1. The lowest BCUT2D eigenvalue weighted by Crippen LogP contribution is -2.11. The monoisotopic (exact) mass is 388 g/mol. The van der Waals surface area contributed by atoms with Gasteiger partial charge in [0.05, 0.1) is 10.5 Å². The van der Waals surface area contributed by atoms with Crippen LogP contribution in [0.25, 0.3) is 5.82 Å². The van der Waals surface area contributed by atoms with Crippen molar-refractivity contribution in [2.45, 2.75) is 23.9 Å². The lowest BCUT2D eigenvalue weighted by Gasteiger charge is -2.10. The van der Waals surface area contributed by atoms with Crippen LogP contribution in [0.15, 0.2) is 23.2 Å². The summed E-state index contributed by atoms with van der Waals surface area (Å²) in [5.74, 6) is 0.195. The molecule has 3 rings (SSSR count). The Morgan fingerprint density at radius 3 is 2.50 bits per heavy atom. The summed E-state index contributed by atoms with van der Waals surface area (Å²) in [6.45, 7) is 0.408. The zero-order chi connectivity index (χ0) is 19.1. The predicted octanol–water partition coefficient (Wildman–Crippen LogP) is 2.32. The van der Waals surface area contributed by atoms with Crippen LogP contribution in [0, 0.1) is 5.92 Å². The first-order valence-corrected chi connectivity index (χ1v) is 9.56. The van der Waals surface area contributed by atoms with Crippen LogP contribution in [0.5, 0.6) is 0 Å². The molecule has 0 amide bonds. The Labute approximate surface area is 147 Å². The number of anilines is 1. The van der Waals surface area contributed by atoms with E-state index in [0.717, 1.165) is 30.0 Å². The second-order valence-corrected chi connectivity index (χ2v) is 8.10. The van der Waals surface area contributed by atoms with Crippen LogP contribution >= 0.6 is 0 Å². The molecule has 140 valence electrons. The highest BCUT2D eigenvalue weighted by molar-refractivity contribution is 7.90. The number of alkyl halides is 3. The molecule has 2 aromatic heterocycles. The number of carbonyl (C=O) groups is 1. The molecule has 0 spiro atoms. The van der Waals surface area contributed by atoms with Gasteiger partial charge in [0.1, 0.15) is 5.82 Å². The normalized spacial score (nSPS) is 15.1. The van der Waals surface area contributed by atoms with E-state index in [0.29, 0.717) is 12.5 Å². The van der Waals surface area contributed by atoms with E-state index in [-0.39, 0.29) is 22.8 Å². The molecule has 1 aliphatic carbocycles. The minimum Gasteiger partial charge on any atom is -0.369 e. The van der Waals surface area contributed by atoms with Gasteiger partial charge in [-0.25, -0.2) is 13.4 Å². The lowest BCUT2D eigenvalue weighted by atomic mass is 10.2. The van der Waals surface area contributed by atoms with Gasteiger partial charge in [-0.05, 0) is 30.9 Å².